The standard InChI is InChI=1S/C28H41ClN4O3/c1-19(2)27(35)33(22-7-5-4-6-8-22)23-13-16-32(18-23)28(36)24(17-20-9-11-21(29)12-10-20)30-26(34)25-14-15-31(25)3/h9-12,19,22-25H,4-8,13-18H2,1-3H3,(H,30,34). The molecule has 3 aliphatic rings. The number of carbonyl (C=O) groups is 3. The van der Waals surface area contributed by atoms with E-state index in [4.69, 9.17) is 11.6 Å². The summed E-state index contributed by atoms with van der Waals surface area (Å²) in [6.45, 7) is 5.96. The lowest BCUT2D eigenvalue weighted by Crippen LogP contribution is -2.59. The van der Waals surface area contributed by atoms with Gasteiger partial charge in [0.25, 0.3) is 0 Å². The smallest absolute Gasteiger partial charge is 0.245 e. The van der Waals surface area contributed by atoms with Crippen LogP contribution < -0.4 is 5.32 Å². The Morgan fingerprint density at radius 2 is 1.69 bits per heavy atom. The van der Waals surface area contributed by atoms with Crippen molar-refractivity contribution in [2.45, 2.75) is 89.4 Å². The minimum atomic E-state index is -0.643. The van der Waals surface area contributed by atoms with Crippen molar-refractivity contribution < 1.29 is 14.4 Å². The molecule has 0 bridgehead atoms. The number of amides is 3. The number of benzene rings is 1. The zero-order valence-electron chi connectivity index (χ0n) is 21.9. The van der Waals surface area contributed by atoms with Gasteiger partial charge in [-0.1, -0.05) is 56.8 Å². The summed E-state index contributed by atoms with van der Waals surface area (Å²) in [5, 5.41) is 3.69. The number of likely N-dealkylation sites (tertiary alicyclic amines) is 2. The number of hydrogen-bond donors (Lipinski definition) is 1. The van der Waals surface area contributed by atoms with Crippen molar-refractivity contribution in [2.75, 3.05) is 26.7 Å². The van der Waals surface area contributed by atoms with Gasteiger partial charge in [-0.15, -0.1) is 0 Å². The van der Waals surface area contributed by atoms with Gasteiger partial charge in [-0.05, 0) is 50.4 Å². The van der Waals surface area contributed by atoms with Crippen LogP contribution in [0.25, 0.3) is 0 Å². The third kappa shape index (κ3) is 6.23. The van der Waals surface area contributed by atoms with Gasteiger partial charge in [0.1, 0.15) is 6.04 Å². The first-order valence-corrected chi connectivity index (χ1v) is 14.0. The highest BCUT2D eigenvalue weighted by Crippen LogP contribution is 2.29. The van der Waals surface area contributed by atoms with Crippen LogP contribution in [-0.4, -0.2) is 83.3 Å². The van der Waals surface area contributed by atoms with Crippen LogP contribution in [0.5, 0.6) is 0 Å². The maximum atomic E-state index is 13.8. The van der Waals surface area contributed by atoms with E-state index in [0.717, 1.165) is 50.6 Å². The van der Waals surface area contributed by atoms with Crippen molar-refractivity contribution in [3.8, 4) is 0 Å². The molecular weight excluding hydrogens is 476 g/mol. The van der Waals surface area contributed by atoms with E-state index in [9.17, 15) is 14.4 Å². The van der Waals surface area contributed by atoms with E-state index in [-0.39, 0.29) is 41.8 Å². The van der Waals surface area contributed by atoms with Crippen molar-refractivity contribution in [1.82, 2.24) is 20.0 Å². The quantitative estimate of drug-likeness (QED) is 0.574. The molecule has 7 nitrogen and oxygen atoms in total. The highest BCUT2D eigenvalue weighted by atomic mass is 35.5. The third-order valence-electron chi connectivity index (χ3n) is 8.14. The Bertz CT molecular complexity index is 931. The summed E-state index contributed by atoms with van der Waals surface area (Å²) in [6, 6.07) is 6.92. The predicted octanol–water partition coefficient (Wildman–Crippen LogP) is 3.49. The zero-order valence-corrected chi connectivity index (χ0v) is 22.7. The molecule has 1 aromatic carbocycles. The fourth-order valence-electron chi connectivity index (χ4n) is 5.88. The molecule has 1 aliphatic carbocycles. The van der Waals surface area contributed by atoms with Crippen molar-refractivity contribution >= 4 is 29.3 Å². The Balaban J connectivity index is 1.48. The molecule has 3 fully saturated rings. The molecule has 3 atom stereocenters. The van der Waals surface area contributed by atoms with Gasteiger partial charge in [-0.25, -0.2) is 0 Å². The first kappa shape index (κ1) is 26.9. The average Bonchev–Trinajstić information content (AvgIpc) is 3.34. The molecule has 36 heavy (non-hydrogen) atoms. The second kappa shape index (κ2) is 12.0. The van der Waals surface area contributed by atoms with Gasteiger partial charge in [-0.2, -0.15) is 0 Å². The highest BCUT2D eigenvalue weighted by Gasteiger charge is 2.40. The highest BCUT2D eigenvalue weighted by molar-refractivity contribution is 6.30. The molecule has 1 N–H and O–H groups in total. The van der Waals surface area contributed by atoms with Gasteiger partial charge < -0.3 is 15.1 Å². The molecule has 0 radical (unpaired) electrons. The number of carbonyl (C=O) groups excluding carboxylic acids is 3. The van der Waals surface area contributed by atoms with Crippen LogP contribution in [0, 0.1) is 5.92 Å². The van der Waals surface area contributed by atoms with Crippen LogP contribution in [0.4, 0.5) is 0 Å². The number of nitrogens with zero attached hydrogens (tertiary/aromatic N) is 3. The average molecular weight is 517 g/mol. The van der Waals surface area contributed by atoms with Gasteiger partial charge in [0.15, 0.2) is 0 Å². The lowest BCUT2D eigenvalue weighted by atomic mass is 9.92. The monoisotopic (exact) mass is 516 g/mol. The summed E-state index contributed by atoms with van der Waals surface area (Å²) in [5.41, 5.74) is 0.953. The summed E-state index contributed by atoms with van der Waals surface area (Å²) < 4.78 is 0. The van der Waals surface area contributed by atoms with Crippen LogP contribution in [0.3, 0.4) is 0 Å². The predicted molar refractivity (Wildman–Crippen MR) is 142 cm³/mol. The molecule has 3 unspecified atom stereocenters. The molecule has 1 saturated carbocycles. The van der Waals surface area contributed by atoms with E-state index >= 15 is 0 Å². The fraction of sp³-hybridized carbons (Fsp3) is 0.679. The molecule has 0 spiro atoms. The summed E-state index contributed by atoms with van der Waals surface area (Å²) in [6.07, 6.45) is 7.66. The molecule has 4 rings (SSSR count). The van der Waals surface area contributed by atoms with Gasteiger partial charge in [0.05, 0.1) is 12.1 Å². The van der Waals surface area contributed by atoms with Crippen LogP contribution in [0.1, 0.15) is 64.4 Å². The van der Waals surface area contributed by atoms with E-state index in [2.05, 4.69) is 10.2 Å². The maximum Gasteiger partial charge on any atom is 0.245 e. The maximum absolute atomic E-state index is 13.8. The van der Waals surface area contributed by atoms with Crippen molar-refractivity contribution in [3.63, 3.8) is 0 Å². The Hall–Kier alpha value is -2.12. The van der Waals surface area contributed by atoms with Crippen molar-refractivity contribution in [2.24, 2.45) is 5.92 Å². The van der Waals surface area contributed by atoms with E-state index in [1.807, 2.05) is 55.0 Å². The third-order valence-corrected chi connectivity index (χ3v) is 8.39. The molecular formula is C28H41ClN4O3. The minimum Gasteiger partial charge on any atom is -0.343 e. The summed E-state index contributed by atoms with van der Waals surface area (Å²) in [7, 11) is 1.93. The molecule has 1 aromatic rings. The minimum absolute atomic E-state index is 0.0385. The molecule has 198 valence electrons. The van der Waals surface area contributed by atoms with Gasteiger partial charge in [0, 0.05) is 43.0 Å². The second-order valence-corrected chi connectivity index (χ2v) is 11.5. The van der Waals surface area contributed by atoms with E-state index in [0.29, 0.717) is 24.5 Å². The second-order valence-electron chi connectivity index (χ2n) is 11.1. The Kier molecular flexibility index (Phi) is 8.94. The lowest BCUT2D eigenvalue weighted by Gasteiger charge is -2.40. The van der Waals surface area contributed by atoms with Gasteiger partial charge >= 0.3 is 0 Å². The first-order valence-electron chi connectivity index (χ1n) is 13.6. The number of rotatable bonds is 8. The Morgan fingerprint density at radius 3 is 2.28 bits per heavy atom. The van der Waals surface area contributed by atoms with E-state index in [1.54, 1.807) is 0 Å². The van der Waals surface area contributed by atoms with Crippen molar-refractivity contribution in [1.29, 1.82) is 0 Å². The number of halogens is 1. The largest absolute Gasteiger partial charge is 0.343 e. The SMILES string of the molecule is CC(C)C(=O)N(C1CCCCC1)C1CCN(C(=O)C(Cc2ccc(Cl)cc2)NC(=O)C2CCN2C)C1. The topological polar surface area (TPSA) is 73.0 Å². The van der Waals surface area contributed by atoms with Crippen LogP contribution in [-0.2, 0) is 20.8 Å². The molecule has 2 aliphatic heterocycles. The van der Waals surface area contributed by atoms with Gasteiger partial charge in [0.2, 0.25) is 17.7 Å². The Labute approximate surface area is 220 Å². The molecule has 2 saturated heterocycles. The number of hydrogen-bond acceptors (Lipinski definition) is 4. The first-order chi connectivity index (χ1) is 17.2. The molecule has 0 aromatic heterocycles. The number of nitrogens with one attached hydrogen (secondary N) is 1. The normalized spacial score (nSPS) is 23.9. The number of likely N-dealkylation sites (N-methyl/N-ethyl adjacent to an activating group) is 1. The summed E-state index contributed by atoms with van der Waals surface area (Å²) in [4.78, 5) is 46.0. The summed E-state index contributed by atoms with van der Waals surface area (Å²) in [5.74, 6) is -0.0256. The zero-order chi connectivity index (χ0) is 25.8. The van der Waals surface area contributed by atoms with Crippen LogP contribution in [0.15, 0.2) is 24.3 Å². The van der Waals surface area contributed by atoms with Crippen LogP contribution in [0.2, 0.25) is 5.02 Å². The van der Waals surface area contributed by atoms with Crippen LogP contribution >= 0.6 is 11.6 Å². The van der Waals surface area contributed by atoms with Crippen molar-refractivity contribution in [3.05, 3.63) is 34.9 Å². The molecule has 8 heteroatoms. The molecule has 2 heterocycles. The van der Waals surface area contributed by atoms with Gasteiger partial charge in [-0.3, -0.25) is 19.3 Å². The Morgan fingerprint density at radius 1 is 1.00 bits per heavy atom. The van der Waals surface area contributed by atoms with E-state index < -0.39 is 6.04 Å². The van der Waals surface area contributed by atoms with E-state index in [1.165, 1.54) is 6.42 Å². The molecule has 3 amide bonds. The summed E-state index contributed by atoms with van der Waals surface area (Å²) >= 11 is 6.06. The lowest BCUT2D eigenvalue weighted by molar-refractivity contribution is -0.141. The fourth-order valence-corrected chi connectivity index (χ4v) is 6.00.